The lowest BCUT2D eigenvalue weighted by Crippen LogP contribution is -2.35. The predicted molar refractivity (Wildman–Crippen MR) is 72.0 cm³/mol. The van der Waals surface area contributed by atoms with Gasteiger partial charge in [-0.2, -0.15) is 5.10 Å². The minimum absolute atomic E-state index is 0.0995. The number of hydrogen-bond donors (Lipinski definition) is 1. The Bertz CT molecular complexity index is 440. The van der Waals surface area contributed by atoms with E-state index in [1.165, 1.54) is 0 Å². The summed E-state index contributed by atoms with van der Waals surface area (Å²) in [6.07, 6.45) is 0.802. The molecule has 0 spiro atoms. The average Bonchev–Trinajstić information content (AvgIpc) is 2.71. The number of nitrogens with zero attached hydrogens (tertiary/aromatic N) is 3. The van der Waals surface area contributed by atoms with Crippen LogP contribution in [0, 0.1) is 0 Å². The summed E-state index contributed by atoms with van der Waals surface area (Å²) >= 11 is 1.13. The molecule has 1 rings (SSSR count). The van der Waals surface area contributed by atoms with Gasteiger partial charge in [0.2, 0.25) is 5.91 Å². The molecule has 0 saturated carbocycles. The molecule has 1 aromatic heterocycles. The summed E-state index contributed by atoms with van der Waals surface area (Å²) in [5.41, 5.74) is 0. The quantitative estimate of drug-likeness (QED) is 0.811. The molecule has 0 aromatic carbocycles. The van der Waals surface area contributed by atoms with E-state index in [-0.39, 0.29) is 16.7 Å². The zero-order valence-electron chi connectivity index (χ0n) is 11.3. The number of nitrogens with one attached hydrogen (secondary N) is 1. The molecule has 7 heteroatoms. The molecule has 102 valence electrons. The standard InChI is InChI=1S/C11H20N4O2S/c1-8(10-12-13-11(17)18-10)5-6-15(4)9(16)7-14(2)3/h8H,5-7H2,1-4H3,(H,13,17)/t8-/m0/s1. The molecule has 1 aromatic rings. The summed E-state index contributed by atoms with van der Waals surface area (Å²) in [7, 11) is 5.54. The second kappa shape index (κ2) is 6.65. The first-order valence-electron chi connectivity index (χ1n) is 5.84. The molecule has 1 atom stereocenters. The number of H-pyrrole nitrogens is 1. The lowest BCUT2D eigenvalue weighted by molar-refractivity contribution is -0.130. The van der Waals surface area contributed by atoms with Crippen molar-refractivity contribution in [1.82, 2.24) is 20.0 Å². The summed E-state index contributed by atoms with van der Waals surface area (Å²) in [6, 6.07) is 0. The summed E-state index contributed by atoms with van der Waals surface area (Å²) in [4.78, 5) is 26.1. The van der Waals surface area contributed by atoms with Gasteiger partial charge in [0.25, 0.3) is 0 Å². The van der Waals surface area contributed by atoms with E-state index in [1.807, 2.05) is 25.9 Å². The van der Waals surface area contributed by atoms with Gasteiger partial charge in [0, 0.05) is 19.5 Å². The summed E-state index contributed by atoms with van der Waals surface area (Å²) in [5.74, 6) is 0.283. The normalized spacial score (nSPS) is 12.7. The number of likely N-dealkylation sites (N-methyl/N-ethyl adjacent to an activating group) is 2. The molecular formula is C11H20N4O2S. The fourth-order valence-corrected chi connectivity index (χ4v) is 2.17. The highest BCUT2D eigenvalue weighted by Gasteiger charge is 2.14. The van der Waals surface area contributed by atoms with Crippen molar-refractivity contribution in [2.24, 2.45) is 0 Å². The molecule has 0 aliphatic carbocycles. The van der Waals surface area contributed by atoms with Crippen molar-refractivity contribution in [1.29, 1.82) is 0 Å². The lowest BCUT2D eigenvalue weighted by atomic mass is 10.1. The Morgan fingerprint density at radius 2 is 2.11 bits per heavy atom. The molecular weight excluding hydrogens is 252 g/mol. The van der Waals surface area contributed by atoms with Gasteiger partial charge in [0.05, 0.1) is 6.54 Å². The van der Waals surface area contributed by atoms with Crippen LogP contribution in [0.15, 0.2) is 4.79 Å². The molecule has 6 nitrogen and oxygen atoms in total. The average molecular weight is 272 g/mol. The monoisotopic (exact) mass is 272 g/mol. The van der Waals surface area contributed by atoms with Gasteiger partial charge in [-0.1, -0.05) is 18.3 Å². The Morgan fingerprint density at radius 3 is 2.61 bits per heavy atom. The Morgan fingerprint density at radius 1 is 1.44 bits per heavy atom. The minimum atomic E-state index is -0.131. The van der Waals surface area contributed by atoms with Crippen LogP contribution in [0.4, 0.5) is 0 Å². The molecule has 0 bridgehead atoms. The van der Waals surface area contributed by atoms with E-state index in [9.17, 15) is 9.59 Å². The van der Waals surface area contributed by atoms with Crippen molar-refractivity contribution < 1.29 is 4.79 Å². The number of hydrogen-bond acceptors (Lipinski definition) is 5. The van der Waals surface area contributed by atoms with Crippen LogP contribution in [0.1, 0.15) is 24.3 Å². The fourth-order valence-electron chi connectivity index (χ4n) is 1.48. The van der Waals surface area contributed by atoms with E-state index >= 15 is 0 Å². The van der Waals surface area contributed by atoms with Crippen LogP contribution in [0.25, 0.3) is 0 Å². The topological polar surface area (TPSA) is 69.3 Å². The van der Waals surface area contributed by atoms with Gasteiger partial charge in [0.1, 0.15) is 5.01 Å². The Hall–Kier alpha value is -1.21. The summed E-state index contributed by atoms with van der Waals surface area (Å²) in [5, 5.41) is 7.17. The SMILES string of the molecule is C[C@@H](CCN(C)C(=O)CN(C)C)c1n[nH]c(=O)s1. The Balaban J connectivity index is 2.40. The third-order valence-electron chi connectivity index (χ3n) is 2.65. The van der Waals surface area contributed by atoms with E-state index in [1.54, 1.807) is 11.9 Å². The van der Waals surface area contributed by atoms with Crippen LogP contribution >= 0.6 is 11.3 Å². The molecule has 0 unspecified atom stereocenters. The smallest absolute Gasteiger partial charge is 0.322 e. The third-order valence-corrected chi connectivity index (χ3v) is 3.63. The molecule has 0 aliphatic rings. The number of carbonyl (C=O) groups is 1. The van der Waals surface area contributed by atoms with Crippen LogP contribution in [0.2, 0.25) is 0 Å². The van der Waals surface area contributed by atoms with Gasteiger partial charge in [-0.25, -0.2) is 5.10 Å². The fraction of sp³-hybridized carbons (Fsp3) is 0.727. The first-order chi connectivity index (χ1) is 8.40. The second-order valence-electron chi connectivity index (χ2n) is 4.69. The van der Waals surface area contributed by atoms with Gasteiger partial charge >= 0.3 is 4.87 Å². The highest BCUT2D eigenvalue weighted by atomic mass is 32.1. The maximum Gasteiger partial charge on any atom is 0.322 e. The maximum atomic E-state index is 11.7. The largest absolute Gasteiger partial charge is 0.345 e. The third kappa shape index (κ3) is 4.58. The van der Waals surface area contributed by atoms with Gasteiger partial charge < -0.3 is 9.80 Å². The zero-order chi connectivity index (χ0) is 13.7. The van der Waals surface area contributed by atoms with Crippen LogP contribution in [-0.4, -0.2) is 60.1 Å². The van der Waals surface area contributed by atoms with E-state index in [0.29, 0.717) is 13.1 Å². The number of rotatable bonds is 6. The van der Waals surface area contributed by atoms with Gasteiger partial charge in [-0.05, 0) is 20.5 Å². The maximum absolute atomic E-state index is 11.7. The molecule has 0 fully saturated rings. The van der Waals surface area contributed by atoms with E-state index in [0.717, 1.165) is 22.8 Å². The number of aromatic nitrogens is 2. The van der Waals surface area contributed by atoms with Gasteiger partial charge in [-0.15, -0.1) is 0 Å². The molecule has 18 heavy (non-hydrogen) atoms. The van der Waals surface area contributed by atoms with Gasteiger partial charge in [-0.3, -0.25) is 9.59 Å². The van der Waals surface area contributed by atoms with Crippen molar-refractivity contribution in [3.63, 3.8) is 0 Å². The predicted octanol–water partition coefficient (Wildman–Crippen LogP) is 0.345. The summed E-state index contributed by atoms with van der Waals surface area (Å²) < 4.78 is 0. The van der Waals surface area contributed by atoms with E-state index < -0.39 is 0 Å². The molecule has 1 N–H and O–H groups in total. The molecule has 0 saturated heterocycles. The minimum Gasteiger partial charge on any atom is -0.345 e. The first kappa shape index (κ1) is 14.8. The van der Waals surface area contributed by atoms with Crippen LogP contribution in [0.5, 0.6) is 0 Å². The van der Waals surface area contributed by atoms with Crippen molar-refractivity contribution in [3.05, 3.63) is 14.7 Å². The van der Waals surface area contributed by atoms with Crippen LogP contribution in [0.3, 0.4) is 0 Å². The molecule has 1 amide bonds. The van der Waals surface area contributed by atoms with E-state index in [4.69, 9.17) is 0 Å². The highest BCUT2D eigenvalue weighted by molar-refractivity contribution is 7.08. The summed E-state index contributed by atoms with van der Waals surface area (Å²) in [6.45, 7) is 3.10. The number of aromatic amines is 1. The van der Waals surface area contributed by atoms with Crippen molar-refractivity contribution in [2.45, 2.75) is 19.3 Å². The first-order valence-corrected chi connectivity index (χ1v) is 6.66. The Labute approximate surface area is 111 Å². The highest BCUT2D eigenvalue weighted by Crippen LogP contribution is 2.18. The number of amides is 1. The second-order valence-corrected chi connectivity index (χ2v) is 5.69. The van der Waals surface area contributed by atoms with Gasteiger partial charge in [0.15, 0.2) is 0 Å². The number of carbonyl (C=O) groups excluding carboxylic acids is 1. The molecule has 0 radical (unpaired) electrons. The van der Waals surface area contributed by atoms with E-state index in [2.05, 4.69) is 10.2 Å². The molecule has 1 heterocycles. The van der Waals surface area contributed by atoms with Crippen molar-refractivity contribution >= 4 is 17.2 Å². The van der Waals surface area contributed by atoms with Crippen molar-refractivity contribution in [2.75, 3.05) is 34.2 Å². The van der Waals surface area contributed by atoms with Crippen LogP contribution < -0.4 is 4.87 Å². The lowest BCUT2D eigenvalue weighted by Gasteiger charge is -2.20. The van der Waals surface area contributed by atoms with Crippen LogP contribution in [-0.2, 0) is 4.79 Å². The zero-order valence-corrected chi connectivity index (χ0v) is 12.1. The molecule has 0 aliphatic heterocycles. The van der Waals surface area contributed by atoms with Crippen molar-refractivity contribution in [3.8, 4) is 0 Å². The Kier molecular flexibility index (Phi) is 5.49.